The number of hydrazine groups is 1. The van der Waals surface area contributed by atoms with Gasteiger partial charge in [0.2, 0.25) is 5.95 Å². The van der Waals surface area contributed by atoms with Gasteiger partial charge in [-0.2, -0.15) is 4.98 Å². The van der Waals surface area contributed by atoms with Crippen LogP contribution in [0.15, 0.2) is 0 Å². The number of aryl methyl sites for hydroxylation is 1. The predicted molar refractivity (Wildman–Crippen MR) is 68.7 cm³/mol. The average molecular weight is 267 g/mol. The highest BCUT2D eigenvalue weighted by molar-refractivity contribution is 5.48. The van der Waals surface area contributed by atoms with Crippen LogP contribution in [-0.2, 0) is 0 Å². The molecule has 3 N–H and O–H groups in total. The Bertz CT molecular complexity index is 476. The van der Waals surface area contributed by atoms with Gasteiger partial charge in [-0.15, -0.1) is 0 Å². The number of aromatic nitrogens is 2. The molecule has 0 spiro atoms. The molecule has 19 heavy (non-hydrogen) atoms. The second-order valence-corrected chi connectivity index (χ2v) is 4.62. The van der Waals surface area contributed by atoms with E-state index in [1.165, 1.54) is 26.2 Å². The molecule has 0 aromatic carbocycles. The number of hydrogen-bond acceptors (Lipinski definition) is 7. The lowest BCUT2D eigenvalue weighted by atomic mass is 9.83. The van der Waals surface area contributed by atoms with E-state index in [0.29, 0.717) is 12.5 Å². The first kappa shape index (κ1) is 13.5. The van der Waals surface area contributed by atoms with Gasteiger partial charge in [0.1, 0.15) is 5.69 Å². The molecule has 0 saturated heterocycles. The van der Waals surface area contributed by atoms with Crippen molar-refractivity contribution >= 4 is 11.6 Å². The lowest BCUT2D eigenvalue weighted by Crippen LogP contribution is -2.16. The molecule has 1 fully saturated rings. The van der Waals surface area contributed by atoms with E-state index >= 15 is 0 Å². The monoisotopic (exact) mass is 267 g/mol. The number of hydrogen-bond donors (Lipinski definition) is 2. The standard InChI is InChI=1S/C11H17N5O3/c1-7-9(16(17)18)10(14-11(13-7)15-12)19-6-5-8-3-2-4-8/h8H,2-6,12H2,1H3,(H,13,14,15). The van der Waals surface area contributed by atoms with Crippen LogP contribution >= 0.6 is 0 Å². The Morgan fingerprint density at radius 2 is 2.26 bits per heavy atom. The zero-order valence-corrected chi connectivity index (χ0v) is 10.8. The van der Waals surface area contributed by atoms with Crippen molar-refractivity contribution in [2.24, 2.45) is 11.8 Å². The highest BCUT2D eigenvalue weighted by Crippen LogP contribution is 2.31. The van der Waals surface area contributed by atoms with Crippen LogP contribution in [0.25, 0.3) is 0 Å². The Morgan fingerprint density at radius 3 is 2.79 bits per heavy atom. The normalized spacial score (nSPS) is 14.8. The molecule has 1 aliphatic rings. The van der Waals surface area contributed by atoms with Gasteiger partial charge < -0.3 is 4.74 Å². The van der Waals surface area contributed by atoms with Crippen LogP contribution in [0, 0.1) is 23.0 Å². The molecule has 0 bridgehead atoms. The van der Waals surface area contributed by atoms with Gasteiger partial charge in [-0.3, -0.25) is 15.5 Å². The van der Waals surface area contributed by atoms with Gasteiger partial charge in [0.25, 0.3) is 5.88 Å². The highest BCUT2D eigenvalue weighted by Gasteiger charge is 2.24. The van der Waals surface area contributed by atoms with Crippen LogP contribution in [0.5, 0.6) is 5.88 Å². The summed E-state index contributed by atoms with van der Waals surface area (Å²) in [6.07, 6.45) is 4.58. The van der Waals surface area contributed by atoms with E-state index in [-0.39, 0.29) is 23.2 Å². The van der Waals surface area contributed by atoms with E-state index in [0.717, 1.165) is 6.42 Å². The minimum Gasteiger partial charge on any atom is -0.473 e. The quantitative estimate of drug-likeness (QED) is 0.456. The van der Waals surface area contributed by atoms with E-state index < -0.39 is 4.92 Å². The molecule has 1 aromatic heterocycles. The number of rotatable bonds is 6. The van der Waals surface area contributed by atoms with E-state index in [2.05, 4.69) is 15.4 Å². The lowest BCUT2D eigenvalue weighted by molar-refractivity contribution is -0.387. The minimum absolute atomic E-state index is 0.0234. The maximum Gasteiger partial charge on any atom is 0.352 e. The summed E-state index contributed by atoms with van der Waals surface area (Å²) in [6.45, 7) is 1.95. The Kier molecular flexibility index (Phi) is 4.10. The van der Waals surface area contributed by atoms with E-state index in [1.807, 2.05) is 0 Å². The number of anilines is 1. The first-order chi connectivity index (χ1) is 9.11. The van der Waals surface area contributed by atoms with Crippen molar-refractivity contribution in [1.82, 2.24) is 9.97 Å². The molecule has 1 saturated carbocycles. The zero-order valence-electron chi connectivity index (χ0n) is 10.8. The summed E-state index contributed by atoms with van der Waals surface area (Å²) in [7, 11) is 0. The van der Waals surface area contributed by atoms with E-state index in [9.17, 15) is 10.1 Å². The maximum atomic E-state index is 11.0. The number of nitrogens with one attached hydrogen (secondary N) is 1. The Labute approximate surface area is 110 Å². The molecule has 1 aromatic rings. The largest absolute Gasteiger partial charge is 0.473 e. The molecule has 1 heterocycles. The lowest BCUT2D eigenvalue weighted by Gasteiger charge is -2.24. The predicted octanol–water partition coefficient (Wildman–Crippen LogP) is 1.55. The van der Waals surface area contributed by atoms with Crippen molar-refractivity contribution in [1.29, 1.82) is 0 Å². The van der Waals surface area contributed by atoms with Crippen LogP contribution in [-0.4, -0.2) is 21.5 Å². The molecule has 0 aliphatic heterocycles. The molecular formula is C11H17N5O3. The van der Waals surface area contributed by atoms with Crippen molar-refractivity contribution in [3.63, 3.8) is 0 Å². The zero-order chi connectivity index (χ0) is 13.8. The SMILES string of the molecule is Cc1nc(NN)nc(OCCC2CCC2)c1[N+](=O)[O-]. The maximum absolute atomic E-state index is 11.0. The number of nitrogen functional groups attached to an aromatic ring is 1. The fourth-order valence-corrected chi connectivity index (χ4v) is 2.02. The van der Waals surface area contributed by atoms with Crippen LogP contribution in [0.1, 0.15) is 31.4 Å². The van der Waals surface area contributed by atoms with Crippen molar-refractivity contribution < 1.29 is 9.66 Å². The van der Waals surface area contributed by atoms with Crippen molar-refractivity contribution in [2.75, 3.05) is 12.0 Å². The van der Waals surface area contributed by atoms with Gasteiger partial charge in [0, 0.05) is 0 Å². The third kappa shape index (κ3) is 3.08. The topological polar surface area (TPSA) is 116 Å². The number of nitrogens with two attached hydrogens (primary N) is 1. The Morgan fingerprint density at radius 1 is 1.53 bits per heavy atom. The van der Waals surface area contributed by atoms with Crippen molar-refractivity contribution in [3.8, 4) is 5.88 Å². The summed E-state index contributed by atoms with van der Waals surface area (Å²) >= 11 is 0. The molecule has 0 amide bonds. The van der Waals surface area contributed by atoms with Crippen LogP contribution < -0.4 is 16.0 Å². The number of nitrogens with zero attached hydrogens (tertiary/aromatic N) is 3. The summed E-state index contributed by atoms with van der Waals surface area (Å²) in [4.78, 5) is 18.2. The average Bonchev–Trinajstić information content (AvgIpc) is 2.31. The first-order valence-corrected chi connectivity index (χ1v) is 6.24. The second kappa shape index (κ2) is 5.79. The molecular weight excluding hydrogens is 250 g/mol. The highest BCUT2D eigenvalue weighted by atomic mass is 16.6. The van der Waals surface area contributed by atoms with Gasteiger partial charge in [-0.25, -0.2) is 10.8 Å². The van der Waals surface area contributed by atoms with Gasteiger partial charge in [-0.05, 0) is 19.3 Å². The third-order valence-electron chi connectivity index (χ3n) is 3.33. The fourth-order valence-electron chi connectivity index (χ4n) is 2.02. The second-order valence-electron chi connectivity index (χ2n) is 4.62. The smallest absolute Gasteiger partial charge is 0.352 e. The van der Waals surface area contributed by atoms with Crippen LogP contribution in [0.3, 0.4) is 0 Å². The van der Waals surface area contributed by atoms with Crippen molar-refractivity contribution in [2.45, 2.75) is 32.6 Å². The number of ether oxygens (including phenoxy) is 1. The van der Waals surface area contributed by atoms with E-state index in [4.69, 9.17) is 10.6 Å². The van der Waals surface area contributed by atoms with Gasteiger partial charge >= 0.3 is 5.69 Å². The molecule has 8 nitrogen and oxygen atoms in total. The van der Waals surface area contributed by atoms with Crippen molar-refractivity contribution in [3.05, 3.63) is 15.8 Å². The third-order valence-corrected chi connectivity index (χ3v) is 3.33. The molecule has 0 atom stereocenters. The minimum atomic E-state index is -0.533. The van der Waals surface area contributed by atoms with Gasteiger partial charge in [0.05, 0.1) is 11.5 Å². The summed E-state index contributed by atoms with van der Waals surface area (Å²) < 4.78 is 5.44. The van der Waals surface area contributed by atoms with Gasteiger partial charge in [0.15, 0.2) is 0 Å². The molecule has 104 valence electrons. The van der Waals surface area contributed by atoms with Crippen LogP contribution in [0.4, 0.5) is 11.6 Å². The summed E-state index contributed by atoms with van der Waals surface area (Å²) in [5.41, 5.74) is 2.30. The summed E-state index contributed by atoms with van der Waals surface area (Å²) in [5, 5.41) is 11.0. The fraction of sp³-hybridized carbons (Fsp3) is 0.636. The molecule has 2 rings (SSSR count). The molecule has 0 unspecified atom stereocenters. The van der Waals surface area contributed by atoms with Crippen LogP contribution in [0.2, 0.25) is 0 Å². The molecule has 0 radical (unpaired) electrons. The Hall–Kier alpha value is -1.96. The Balaban J connectivity index is 2.10. The molecule has 1 aliphatic carbocycles. The number of nitro groups is 1. The van der Waals surface area contributed by atoms with Gasteiger partial charge in [-0.1, -0.05) is 19.3 Å². The first-order valence-electron chi connectivity index (χ1n) is 6.24. The summed E-state index contributed by atoms with van der Waals surface area (Å²) in [5.74, 6) is 5.99. The molecule has 8 heteroatoms. The summed E-state index contributed by atoms with van der Waals surface area (Å²) in [6, 6.07) is 0. The van der Waals surface area contributed by atoms with E-state index in [1.54, 1.807) is 0 Å².